The van der Waals surface area contributed by atoms with E-state index >= 15 is 0 Å². The Kier molecular flexibility index (Phi) is 4.32. The van der Waals surface area contributed by atoms with Gasteiger partial charge in [0, 0.05) is 29.2 Å². The third-order valence-corrected chi connectivity index (χ3v) is 5.22. The first-order valence-electron chi connectivity index (χ1n) is 8.80. The molecule has 0 saturated heterocycles. The number of fused-ring (bicyclic) bond motifs is 3. The number of halogens is 1. The lowest BCUT2D eigenvalue weighted by Crippen LogP contribution is -2.39. The molecule has 134 valence electrons. The monoisotopic (exact) mass is 369 g/mol. The van der Waals surface area contributed by atoms with E-state index in [1.165, 1.54) is 10.9 Å². The lowest BCUT2D eigenvalue weighted by Gasteiger charge is -2.33. The van der Waals surface area contributed by atoms with Crippen molar-refractivity contribution in [3.05, 3.63) is 58.4 Å². The Bertz CT molecular complexity index is 982. The number of nitrogens with one attached hydrogen (secondary N) is 1. The summed E-state index contributed by atoms with van der Waals surface area (Å²) in [6, 6.07) is 11.5. The number of nitrogens with zero attached hydrogens (tertiary/aromatic N) is 2. The van der Waals surface area contributed by atoms with Crippen molar-refractivity contribution in [1.29, 1.82) is 0 Å². The van der Waals surface area contributed by atoms with Crippen molar-refractivity contribution in [3.63, 3.8) is 0 Å². The van der Waals surface area contributed by atoms with Gasteiger partial charge in [0.05, 0.1) is 17.7 Å². The normalized spacial score (nSPS) is 16.6. The fourth-order valence-electron chi connectivity index (χ4n) is 3.64. The fourth-order valence-corrected chi connectivity index (χ4v) is 3.83. The van der Waals surface area contributed by atoms with Crippen LogP contribution in [0.5, 0.6) is 5.88 Å². The van der Waals surface area contributed by atoms with E-state index in [9.17, 15) is 4.79 Å². The largest absolute Gasteiger partial charge is 0.478 e. The molecular weight excluding hydrogens is 350 g/mol. The quantitative estimate of drug-likeness (QED) is 0.745. The lowest BCUT2D eigenvalue weighted by atomic mass is 9.98. The molecule has 1 atom stereocenters. The number of ether oxygens (including phenoxy) is 1. The maximum Gasteiger partial charge on any atom is 0.274 e. The summed E-state index contributed by atoms with van der Waals surface area (Å²) < 4.78 is 5.42. The third kappa shape index (κ3) is 2.72. The highest BCUT2D eigenvalue weighted by molar-refractivity contribution is 6.33. The zero-order valence-corrected chi connectivity index (χ0v) is 15.5. The van der Waals surface area contributed by atoms with E-state index in [-0.39, 0.29) is 17.6 Å². The Morgan fingerprint density at radius 1 is 1.35 bits per heavy atom. The van der Waals surface area contributed by atoms with Crippen LogP contribution >= 0.6 is 11.6 Å². The summed E-state index contributed by atoms with van der Waals surface area (Å²) in [4.78, 5) is 22.7. The number of H-pyrrole nitrogens is 1. The highest BCUT2D eigenvalue weighted by Gasteiger charge is 2.32. The van der Waals surface area contributed by atoms with Crippen molar-refractivity contribution in [2.75, 3.05) is 13.2 Å². The molecule has 1 unspecified atom stereocenters. The zero-order chi connectivity index (χ0) is 18.3. The number of amides is 1. The minimum absolute atomic E-state index is 0.0766. The van der Waals surface area contributed by atoms with Crippen molar-refractivity contribution in [2.45, 2.75) is 26.3 Å². The van der Waals surface area contributed by atoms with Crippen molar-refractivity contribution < 1.29 is 9.53 Å². The first-order valence-corrected chi connectivity index (χ1v) is 9.17. The number of rotatable bonds is 3. The van der Waals surface area contributed by atoms with Crippen LogP contribution in [0, 0.1) is 0 Å². The minimum Gasteiger partial charge on any atom is -0.478 e. The number of aromatic amines is 1. The number of pyridine rings is 1. The summed E-state index contributed by atoms with van der Waals surface area (Å²) in [5.41, 5.74) is 3.72. The molecule has 6 heteroatoms. The van der Waals surface area contributed by atoms with Gasteiger partial charge in [-0.1, -0.05) is 29.8 Å². The third-order valence-electron chi connectivity index (χ3n) is 4.91. The van der Waals surface area contributed by atoms with E-state index in [1.807, 2.05) is 30.9 Å². The molecular formula is C20H20ClN3O2. The van der Waals surface area contributed by atoms with Crippen LogP contribution in [-0.4, -0.2) is 33.9 Å². The lowest BCUT2D eigenvalue weighted by molar-refractivity contribution is 0.0667. The molecule has 0 spiro atoms. The molecule has 3 heterocycles. The van der Waals surface area contributed by atoms with Crippen LogP contribution in [0.25, 0.3) is 10.9 Å². The first kappa shape index (κ1) is 16.9. The van der Waals surface area contributed by atoms with Crippen LogP contribution in [0.15, 0.2) is 36.4 Å². The van der Waals surface area contributed by atoms with Crippen LogP contribution in [0.3, 0.4) is 0 Å². The van der Waals surface area contributed by atoms with Gasteiger partial charge in [-0.2, -0.15) is 0 Å². The van der Waals surface area contributed by atoms with E-state index in [0.717, 1.165) is 17.6 Å². The molecule has 3 aromatic rings. The van der Waals surface area contributed by atoms with Gasteiger partial charge < -0.3 is 14.6 Å². The van der Waals surface area contributed by atoms with Crippen LogP contribution < -0.4 is 4.74 Å². The molecule has 5 nitrogen and oxygen atoms in total. The molecule has 1 amide bonds. The zero-order valence-electron chi connectivity index (χ0n) is 14.8. The van der Waals surface area contributed by atoms with Crippen molar-refractivity contribution in [1.82, 2.24) is 14.9 Å². The van der Waals surface area contributed by atoms with E-state index < -0.39 is 0 Å². The van der Waals surface area contributed by atoms with Crippen LogP contribution in [0.4, 0.5) is 0 Å². The number of para-hydroxylation sites is 1. The van der Waals surface area contributed by atoms with Crippen molar-refractivity contribution in [3.8, 4) is 5.88 Å². The van der Waals surface area contributed by atoms with Gasteiger partial charge in [0.25, 0.3) is 5.91 Å². The highest BCUT2D eigenvalue weighted by Crippen LogP contribution is 2.35. The van der Waals surface area contributed by atoms with E-state index in [2.05, 4.69) is 22.1 Å². The molecule has 26 heavy (non-hydrogen) atoms. The van der Waals surface area contributed by atoms with Crippen molar-refractivity contribution in [2.24, 2.45) is 0 Å². The van der Waals surface area contributed by atoms with Gasteiger partial charge >= 0.3 is 0 Å². The molecule has 1 aliphatic rings. The Balaban J connectivity index is 1.69. The van der Waals surface area contributed by atoms with Gasteiger partial charge in [-0.25, -0.2) is 4.98 Å². The summed E-state index contributed by atoms with van der Waals surface area (Å²) in [6.45, 7) is 5.03. The minimum atomic E-state index is -0.173. The molecule has 0 radical (unpaired) electrons. The Morgan fingerprint density at radius 2 is 2.15 bits per heavy atom. The predicted octanol–water partition coefficient (Wildman–Crippen LogP) is 4.37. The van der Waals surface area contributed by atoms with Crippen LogP contribution in [-0.2, 0) is 6.42 Å². The number of hydrogen-bond acceptors (Lipinski definition) is 3. The second-order valence-electron chi connectivity index (χ2n) is 6.40. The average molecular weight is 370 g/mol. The van der Waals surface area contributed by atoms with Gasteiger partial charge in [0.2, 0.25) is 5.88 Å². The SMILES string of the molecule is CCOc1ccc(Cl)c(C(=O)N2CCc3c([nH]c4ccccc34)C2C)n1. The van der Waals surface area contributed by atoms with Crippen LogP contribution in [0.1, 0.15) is 41.6 Å². The number of benzene rings is 1. The second-order valence-corrected chi connectivity index (χ2v) is 6.81. The molecule has 4 rings (SSSR count). The molecule has 0 bridgehead atoms. The van der Waals surface area contributed by atoms with E-state index in [0.29, 0.717) is 24.1 Å². The standard InChI is InChI=1S/C20H20ClN3O2/c1-3-26-17-9-8-15(21)19(23-17)20(25)24-11-10-14-13-6-4-5-7-16(13)22-18(14)12(24)2/h4-9,12,22H,3,10-11H2,1-2H3. The number of hydrogen-bond donors (Lipinski definition) is 1. The summed E-state index contributed by atoms with van der Waals surface area (Å²) in [7, 11) is 0. The molecule has 2 aromatic heterocycles. The van der Waals surface area contributed by atoms with Gasteiger partial charge in [-0.15, -0.1) is 0 Å². The highest BCUT2D eigenvalue weighted by atomic mass is 35.5. The molecule has 0 saturated carbocycles. The van der Waals surface area contributed by atoms with E-state index in [1.54, 1.807) is 12.1 Å². The van der Waals surface area contributed by atoms with E-state index in [4.69, 9.17) is 16.3 Å². The smallest absolute Gasteiger partial charge is 0.274 e. The van der Waals surface area contributed by atoms with Gasteiger partial charge in [0.15, 0.2) is 5.69 Å². The van der Waals surface area contributed by atoms with Crippen molar-refractivity contribution >= 4 is 28.4 Å². The van der Waals surface area contributed by atoms with Gasteiger partial charge in [-0.05, 0) is 38.0 Å². The average Bonchev–Trinajstić information content (AvgIpc) is 3.03. The molecule has 0 fully saturated rings. The molecule has 0 aliphatic carbocycles. The molecule has 1 aromatic carbocycles. The summed E-state index contributed by atoms with van der Waals surface area (Å²) in [6.07, 6.45) is 0.804. The number of aromatic nitrogens is 2. The predicted molar refractivity (Wildman–Crippen MR) is 102 cm³/mol. The van der Waals surface area contributed by atoms with Crippen LogP contribution in [0.2, 0.25) is 5.02 Å². The molecule has 1 N–H and O–H groups in total. The Morgan fingerprint density at radius 3 is 2.96 bits per heavy atom. The fraction of sp³-hybridized carbons (Fsp3) is 0.300. The summed E-state index contributed by atoms with van der Waals surface area (Å²) >= 11 is 6.25. The maximum absolute atomic E-state index is 13.1. The number of carbonyl (C=O) groups excluding carboxylic acids is 1. The first-order chi connectivity index (χ1) is 12.6. The maximum atomic E-state index is 13.1. The molecule has 1 aliphatic heterocycles. The summed E-state index contributed by atoms with van der Waals surface area (Å²) in [5, 5.41) is 1.57. The topological polar surface area (TPSA) is 58.2 Å². The summed E-state index contributed by atoms with van der Waals surface area (Å²) in [5.74, 6) is 0.240. The van der Waals surface area contributed by atoms with Gasteiger partial charge in [-0.3, -0.25) is 4.79 Å². The Labute approximate surface area is 156 Å². The number of carbonyl (C=O) groups is 1. The van der Waals surface area contributed by atoms with Gasteiger partial charge in [0.1, 0.15) is 0 Å². The second kappa shape index (κ2) is 6.65. The Hall–Kier alpha value is -2.53.